The average molecular weight is 539 g/mol. The van der Waals surface area contributed by atoms with Gasteiger partial charge in [0, 0.05) is 47.3 Å². The summed E-state index contributed by atoms with van der Waals surface area (Å²) >= 11 is 1.89. The second-order valence-corrected chi connectivity index (χ2v) is 9.25. The molecule has 0 amide bonds. The third-order valence-corrected chi connectivity index (χ3v) is 7.04. The van der Waals surface area contributed by atoms with Gasteiger partial charge in [-0.3, -0.25) is 0 Å². The number of hydrogen-bond acceptors (Lipinski definition) is 6. The fraction of sp³-hybridized carbons (Fsp3) is 0.478. The van der Waals surface area contributed by atoms with Crippen LogP contribution < -0.4 is 15.1 Å². The molecule has 2 fully saturated rings. The molecule has 3 aliphatic heterocycles. The van der Waals surface area contributed by atoms with Crippen LogP contribution in [0.25, 0.3) is 0 Å². The van der Waals surface area contributed by atoms with E-state index in [-0.39, 0.29) is 24.0 Å². The third-order valence-electron chi connectivity index (χ3n) is 5.94. The molecule has 0 bridgehead atoms. The highest BCUT2D eigenvalue weighted by Crippen LogP contribution is 2.49. The van der Waals surface area contributed by atoms with E-state index >= 15 is 0 Å². The van der Waals surface area contributed by atoms with Gasteiger partial charge < -0.3 is 24.6 Å². The summed E-state index contributed by atoms with van der Waals surface area (Å²) in [5.41, 5.74) is 6.48. The lowest BCUT2D eigenvalue weighted by Gasteiger charge is -2.33. The van der Waals surface area contributed by atoms with E-state index in [1.54, 1.807) is 0 Å². The Hall–Kier alpha value is -1.16. The molecule has 2 aromatic rings. The summed E-state index contributed by atoms with van der Waals surface area (Å²) in [4.78, 5) is 7.50. The standard InChI is InChI=1S/C23H29N3O2S.HI/c1-16(2)19-13-18(26-7-11-28-12-8-26)15-22-23(19)24-20-4-3-17(14-21(20)29-22)25-5-9-27-10-6-25;/h3-4,13-16,24H,5-12H2,1-2H3;1H. The maximum Gasteiger partial charge on any atom is 0.0642 e. The number of hydrogen-bond donors (Lipinski definition) is 1. The Morgan fingerprint density at radius 2 is 1.43 bits per heavy atom. The Labute approximate surface area is 200 Å². The van der Waals surface area contributed by atoms with Crippen LogP contribution in [0.1, 0.15) is 25.3 Å². The number of rotatable bonds is 3. The Kier molecular flexibility index (Phi) is 7.01. The van der Waals surface area contributed by atoms with Gasteiger partial charge in [0.2, 0.25) is 0 Å². The first-order valence-electron chi connectivity index (χ1n) is 10.6. The van der Waals surface area contributed by atoms with Crippen molar-refractivity contribution in [3.63, 3.8) is 0 Å². The maximum absolute atomic E-state index is 5.56. The Balaban J connectivity index is 0.00000218. The first-order chi connectivity index (χ1) is 14.2. The summed E-state index contributed by atoms with van der Waals surface area (Å²) in [6.07, 6.45) is 0. The topological polar surface area (TPSA) is 37.0 Å². The minimum Gasteiger partial charge on any atom is -0.378 e. The first kappa shape index (κ1) is 22.0. The Bertz CT molecular complexity index is 896. The zero-order chi connectivity index (χ0) is 19.8. The van der Waals surface area contributed by atoms with Crippen molar-refractivity contribution in [2.24, 2.45) is 0 Å². The maximum atomic E-state index is 5.56. The average Bonchev–Trinajstić information content (AvgIpc) is 2.77. The second kappa shape index (κ2) is 9.54. The van der Waals surface area contributed by atoms with E-state index in [0.29, 0.717) is 5.92 Å². The summed E-state index contributed by atoms with van der Waals surface area (Å²) in [6.45, 7) is 11.7. The summed E-state index contributed by atoms with van der Waals surface area (Å²) in [5.74, 6) is 0.465. The van der Waals surface area contributed by atoms with Crippen molar-refractivity contribution in [1.82, 2.24) is 0 Å². The predicted molar refractivity (Wildman–Crippen MR) is 136 cm³/mol. The number of fused-ring (bicyclic) bond motifs is 2. The molecule has 3 heterocycles. The molecule has 5 rings (SSSR count). The normalized spacial score (nSPS) is 18.4. The van der Waals surface area contributed by atoms with E-state index in [0.717, 1.165) is 52.6 Å². The molecule has 0 unspecified atom stereocenters. The Morgan fingerprint density at radius 1 is 0.833 bits per heavy atom. The van der Waals surface area contributed by atoms with E-state index in [1.165, 1.54) is 38.1 Å². The van der Waals surface area contributed by atoms with Gasteiger partial charge in [0.1, 0.15) is 0 Å². The van der Waals surface area contributed by atoms with Gasteiger partial charge in [-0.15, -0.1) is 24.0 Å². The number of ether oxygens (including phenoxy) is 2. The second-order valence-electron chi connectivity index (χ2n) is 8.17. The van der Waals surface area contributed by atoms with Crippen molar-refractivity contribution >= 4 is 58.5 Å². The van der Waals surface area contributed by atoms with Gasteiger partial charge in [-0.05, 0) is 41.8 Å². The van der Waals surface area contributed by atoms with E-state index < -0.39 is 0 Å². The lowest BCUT2D eigenvalue weighted by Crippen LogP contribution is -2.36. The smallest absolute Gasteiger partial charge is 0.0642 e. The number of benzene rings is 2. The lowest BCUT2D eigenvalue weighted by atomic mass is 9.99. The molecular formula is C23H30IN3O2S. The van der Waals surface area contributed by atoms with Crippen molar-refractivity contribution in [1.29, 1.82) is 0 Å². The van der Waals surface area contributed by atoms with Crippen LogP contribution in [-0.2, 0) is 9.47 Å². The summed E-state index contributed by atoms with van der Waals surface area (Å²) in [5, 5.41) is 3.74. The molecule has 0 atom stereocenters. The zero-order valence-corrected chi connectivity index (χ0v) is 20.8. The fourth-order valence-electron chi connectivity index (χ4n) is 4.27. The van der Waals surface area contributed by atoms with Gasteiger partial charge in [-0.2, -0.15) is 0 Å². The molecule has 5 nitrogen and oxygen atoms in total. The minimum absolute atomic E-state index is 0. The number of halogens is 1. The van der Waals surface area contributed by atoms with Crippen molar-refractivity contribution < 1.29 is 9.47 Å². The van der Waals surface area contributed by atoms with Crippen LogP contribution in [0, 0.1) is 0 Å². The fourth-order valence-corrected chi connectivity index (χ4v) is 5.36. The molecule has 2 saturated heterocycles. The number of nitrogens with zero attached hydrogens (tertiary/aromatic N) is 2. The van der Waals surface area contributed by atoms with E-state index in [2.05, 4.69) is 59.3 Å². The van der Waals surface area contributed by atoms with Gasteiger partial charge in [0.05, 0.1) is 37.8 Å². The number of nitrogens with one attached hydrogen (secondary N) is 1. The highest BCUT2D eigenvalue weighted by atomic mass is 127. The molecule has 0 radical (unpaired) electrons. The van der Waals surface area contributed by atoms with Crippen molar-refractivity contribution in [2.45, 2.75) is 29.6 Å². The third kappa shape index (κ3) is 4.40. The first-order valence-corrected chi connectivity index (χ1v) is 11.4. The molecule has 0 saturated carbocycles. The van der Waals surface area contributed by atoms with Crippen LogP contribution in [0.5, 0.6) is 0 Å². The number of morpholine rings is 2. The number of anilines is 4. The molecule has 2 aromatic carbocycles. The minimum atomic E-state index is 0. The van der Waals surface area contributed by atoms with Crippen LogP contribution in [-0.4, -0.2) is 52.6 Å². The van der Waals surface area contributed by atoms with Crippen molar-refractivity contribution in [3.8, 4) is 0 Å². The molecule has 1 N–H and O–H groups in total. The Morgan fingerprint density at radius 3 is 2.07 bits per heavy atom. The molecule has 30 heavy (non-hydrogen) atoms. The molecule has 3 aliphatic rings. The highest BCUT2D eigenvalue weighted by Gasteiger charge is 2.24. The predicted octanol–water partition coefficient (Wildman–Crippen LogP) is 5.31. The van der Waals surface area contributed by atoms with Crippen LogP contribution >= 0.6 is 35.7 Å². The van der Waals surface area contributed by atoms with Gasteiger partial charge >= 0.3 is 0 Å². The summed E-state index contributed by atoms with van der Waals surface area (Å²) in [7, 11) is 0. The SMILES string of the molecule is CC(C)c1cc(N2CCOCC2)cc2c1Nc1ccc(N3CCOCC3)cc1S2.I. The molecule has 0 aromatic heterocycles. The molecule has 0 spiro atoms. The van der Waals surface area contributed by atoms with Gasteiger partial charge in [0.25, 0.3) is 0 Å². The highest BCUT2D eigenvalue weighted by molar-refractivity contribution is 14.0. The van der Waals surface area contributed by atoms with Crippen molar-refractivity contribution in [3.05, 3.63) is 35.9 Å². The van der Waals surface area contributed by atoms with Gasteiger partial charge in [0.15, 0.2) is 0 Å². The van der Waals surface area contributed by atoms with Crippen LogP contribution in [0.4, 0.5) is 22.7 Å². The van der Waals surface area contributed by atoms with Gasteiger partial charge in [-0.25, -0.2) is 0 Å². The largest absolute Gasteiger partial charge is 0.378 e. The van der Waals surface area contributed by atoms with Crippen LogP contribution in [0.3, 0.4) is 0 Å². The van der Waals surface area contributed by atoms with Gasteiger partial charge in [-0.1, -0.05) is 25.6 Å². The van der Waals surface area contributed by atoms with E-state index in [9.17, 15) is 0 Å². The zero-order valence-electron chi connectivity index (χ0n) is 17.6. The van der Waals surface area contributed by atoms with E-state index in [1.807, 2.05) is 11.8 Å². The summed E-state index contributed by atoms with van der Waals surface area (Å²) in [6, 6.07) is 11.5. The summed E-state index contributed by atoms with van der Waals surface area (Å²) < 4.78 is 11.1. The van der Waals surface area contributed by atoms with Crippen LogP contribution in [0.15, 0.2) is 40.1 Å². The monoisotopic (exact) mass is 539 g/mol. The quantitative estimate of drug-likeness (QED) is 0.455. The van der Waals surface area contributed by atoms with E-state index in [4.69, 9.17) is 9.47 Å². The lowest BCUT2D eigenvalue weighted by molar-refractivity contribution is 0.122. The molecular weight excluding hydrogens is 509 g/mol. The molecule has 0 aliphatic carbocycles. The molecule has 162 valence electrons. The van der Waals surface area contributed by atoms with Crippen LogP contribution in [0.2, 0.25) is 0 Å². The van der Waals surface area contributed by atoms with Crippen molar-refractivity contribution in [2.75, 3.05) is 67.7 Å². The molecule has 7 heteroatoms.